The number of methoxy groups -OCH3 is 3. The summed E-state index contributed by atoms with van der Waals surface area (Å²) in [4.78, 5) is 39.1. The fourth-order valence-electron chi connectivity index (χ4n) is 3.39. The number of thioether (sulfide) groups is 1. The van der Waals surface area contributed by atoms with Crippen LogP contribution in [0.4, 0.5) is 4.79 Å². The van der Waals surface area contributed by atoms with Gasteiger partial charge in [-0.1, -0.05) is 17.7 Å². The van der Waals surface area contributed by atoms with Crippen LogP contribution in [0.15, 0.2) is 35.2 Å². The van der Waals surface area contributed by atoms with Crippen molar-refractivity contribution in [1.29, 1.82) is 0 Å². The Morgan fingerprint density at radius 3 is 2.30 bits per heavy atom. The van der Waals surface area contributed by atoms with Crippen LogP contribution >= 0.6 is 11.8 Å². The van der Waals surface area contributed by atoms with Crippen molar-refractivity contribution >= 4 is 34.9 Å². The molecule has 0 radical (unpaired) electrons. The number of rotatable bonds is 8. The Morgan fingerprint density at radius 2 is 1.70 bits per heavy atom. The van der Waals surface area contributed by atoms with Crippen LogP contribution in [0.2, 0.25) is 0 Å². The molecule has 1 aliphatic rings. The first-order chi connectivity index (χ1) is 15.8. The Hall–Kier alpha value is -3.46. The maximum absolute atomic E-state index is 12.8. The van der Waals surface area contributed by atoms with Crippen LogP contribution in [0.5, 0.6) is 17.2 Å². The van der Waals surface area contributed by atoms with Crippen LogP contribution in [-0.2, 0) is 4.79 Å². The largest absolute Gasteiger partial charge is 0.493 e. The van der Waals surface area contributed by atoms with Gasteiger partial charge in [0.2, 0.25) is 5.75 Å². The molecular formula is C24H26N2O6S. The highest BCUT2D eigenvalue weighted by Crippen LogP contribution is 2.40. The number of ether oxygens (including phenoxy) is 3. The van der Waals surface area contributed by atoms with Crippen LogP contribution < -0.4 is 19.5 Å². The molecule has 1 heterocycles. The third kappa shape index (κ3) is 5.31. The van der Waals surface area contributed by atoms with Crippen molar-refractivity contribution in [1.82, 2.24) is 10.2 Å². The number of carbonyl (C=O) groups excluding carboxylic acids is 3. The Labute approximate surface area is 196 Å². The summed E-state index contributed by atoms with van der Waals surface area (Å²) in [6.07, 6.45) is 1.60. The summed E-state index contributed by atoms with van der Waals surface area (Å²) in [5, 5.41) is 2.39. The number of aryl methyl sites for hydroxylation is 2. The summed E-state index contributed by atoms with van der Waals surface area (Å²) >= 11 is 0.846. The Morgan fingerprint density at radius 1 is 1.03 bits per heavy atom. The Kier molecular flexibility index (Phi) is 7.65. The lowest BCUT2D eigenvalue weighted by molar-refractivity contribution is -0.122. The molecule has 0 unspecified atom stereocenters. The molecule has 9 heteroatoms. The van der Waals surface area contributed by atoms with E-state index in [2.05, 4.69) is 5.32 Å². The van der Waals surface area contributed by atoms with Crippen molar-refractivity contribution in [2.24, 2.45) is 0 Å². The molecule has 0 saturated carbocycles. The number of nitrogens with zero attached hydrogens (tertiary/aromatic N) is 1. The zero-order valence-electron chi connectivity index (χ0n) is 19.2. The summed E-state index contributed by atoms with van der Waals surface area (Å²) in [6.45, 7) is 4.01. The number of hydrogen-bond acceptors (Lipinski definition) is 7. The topological polar surface area (TPSA) is 94.2 Å². The first-order valence-electron chi connectivity index (χ1n) is 10.2. The number of nitrogens with one attached hydrogen (secondary N) is 1. The Balaban J connectivity index is 1.70. The molecule has 1 aliphatic heterocycles. The highest BCUT2D eigenvalue weighted by molar-refractivity contribution is 8.18. The van der Waals surface area contributed by atoms with Gasteiger partial charge in [0.1, 0.15) is 0 Å². The van der Waals surface area contributed by atoms with Gasteiger partial charge in [0.15, 0.2) is 11.5 Å². The molecule has 0 aromatic heterocycles. The van der Waals surface area contributed by atoms with Gasteiger partial charge in [0.05, 0.1) is 26.2 Å². The SMILES string of the molecule is COc1cc(/C=C2\SC(=O)N(CCNC(=O)c3cc(C)ccc3C)C2=O)cc(OC)c1OC. The lowest BCUT2D eigenvalue weighted by atomic mass is 10.1. The highest BCUT2D eigenvalue weighted by atomic mass is 32.2. The molecule has 3 amide bonds. The number of benzene rings is 2. The molecular weight excluding hydrogens is 444 g/mol. The van der Waals surface area contributed by atoms with Gasteiger partial charge in [0.25, 0.3) is 17.1 Å². The second-order valence-electron chi connectivity index (χ2n) is 7.37. The second kappa shape index (κ2) is 10.4. The monoisotopic (exact) mass is 470 g/mol. The molecule has 0 bridgehead atoms. The van der Waals surface area contributed by atoms with Crippen molar-refractivity contribution in [3.63, 3.8) is 0 Å². The molecule has 1 saturated heterocycles. The predicted molar refractivity (Wildman–Crippen MR) is 127 cm³/mol. The van der Waals surface area contributed by atoms with Crippen molar-refractivity contribution in [2.45, 2.75) is 13.8 Å². The van der Waals surface area contributed by atoms with E-state index in [0.29, 0.717) is 28.4 Å². The standard InChI is InChI=1S/C24H26N2O6S/c1-14-6-7-15(2)17(10-14)22(27)25-8-9-26-23(28)20(33-24(26)29)13-16-11-18(30-3)21(32-5)19(12-16)31-4/h6-7,10-13H,8-9H2,1-5H3,(H,25,27)/b20-13-. The van der Waals surface area contributed by atoms with Crippen molar-refractivity contribution in [2.75, 3.05) is 34.4 Å². The van der Waals surface area contributed by atoms with Gasteiger partial charge < -0.3 is 19.5 Å². The number of amides is 3. The molecule has 2 aromatic carbocycles. The predicted octanol–water partition coefficient (Wildman–Crippen LogP) is 3.80. The molecule has 33 heavy (non-hydrogen) atoms. The lowest BCUT2D eigenvalue weighted by Crippen LogP contribution is -2.37. The van der Waals surface area contributed by atoms with Gasteiger partial charge in [-0.15, -0.1) is 0 Å². The first-order valence-corrected chi connectivity index (χ1v) is 11.0. The van der Waals surface area contributed by atoms with E-state index >= 15 is 0 Å². The minimum absolute atomic E-state index is 0.0772. The molecule has 0 spiro atoms. The highest BCUT2D eigenvalue weighted by Gasteiger charge is 2.34. The van der Waals surface area contributed by atoms with E-state index in [1.807, 2.05) is 32.0 Å². The quantitative estimate of drug-likeness (QED) is 0.587. The zero-order chi connectivity index (χ0) is 24.1. The number of carbonyl (C=O) groups is 3. The van der Waals surface area contributed by atoms with Gasteiger partial charge in [-0.3, -0.25) is 19.3 Å². The van der Waals surface area contributed by atoms with Gasteiger partial charge in [-0.2, -0.15) is 0 Å². The maximum atomic E-state index is 12.8. The van der Waals surface area contributed by atoms with E-state index in [1.165, 1.54) is 21.3 Å². The summed E-state index contributed by atoms with van der Waals surface area (Å²) in [5.74, 6) is 0.661. The normalized spacial score (nSPS) is 14.6. The third-order valence-electron chi connectivity index (χ3n) is 5.12. The van der Waals surface area contributed by atoms with E-state index in [4.69, 9.17) is 14.2 Å². The molecule has 1 N–H and O–H groups in total. The maximum Gasteiger partial charge on any atom is 0.293 e. The van der Waals surface area contributed by atoms with Crippen LogP contribution in [0.1, 0.15) is 27.0 Å². The van der Waals surface area contributed by atoms with Crippen LogP contribution in [-0.4, -0.2) is 56.4 Å². The number of imide groups is 1. The van der Waals surface area contributed by atoms with Crippen molar-refractivity contribution in [3.8, 4) is 17.2 Å². The molecule has 1 fully saturated rings. The molecule has 8 nitrogen and oxygen atoms in total. The van der Waals surface area contributed by atoms with E-state index in [0.717, 1.165) is 27.8 Å². The Bertz CT molecular complexity index is 1100. The average Bonchev–Trinajstić information content (AvgIpc) is 3.06. The van der Waals surface area contributed by atoms with Gasteiger partial charge in [-0.25, -0.2) is 0 Å². The second-order valence-corrected chi connectivity index (χ2v) is 8.36. The van der Waals surface area contributed by atoms with E-state index in [1.54, 1.807) is 18.2 Å². The van der Waals surface area contributed by atoms with E-state index < -0.39 is 5.91 Å². The van der Waals surface area contributed by atoms with Crippen molar-refractivity contribution < 1.29 is 28.6 Å². The minimum Gasteiger partial charge on any atom is -0.493 e. The molecule has 2 aromatic rings. The molecule has 0 atom stereocenters. The molecule has 0 aliphatic carbocycles. The third-order valence-corrected chi connectivity index (χ3v) is 6.02. The average molecular weight is 471 g/mol. The smallest absolute Gasteiger partial charge is 0.293 e. The minimum atomic E-state index is -0.417. The van der Waals surface area contributed by atoms with Crippen LogP contribution in [0, 0.1) is 13.8 Å². The summed E-state index contributed by atoms with van der Waals surface area (Å²) < 4.78 is 16.0. The summed E-state index contributed by atoms with van der Waals surface area (Å²) in [6, 6.07) is 9.02. The van der Waals surface area contributed by atoms with Crippen molar-refractivity contribution in [3.05, 3.63) is 57.5 Å². The fourth-order valence-corrected chi connectivity index (χ4v) is 4.25. The van der Waals surface area contributed by atoms with E-state index in [9.17, 15) is 14.4 Å². The van der Waals surface area contributed by atoms with Crippen LogP contribution in [0.25, 0.3) is 6.08 Å². The van der Waals surface area contributed by atoms with Gasteiger partial charge in [-0.05, 0) is 61.0 Å². The molecule has 174 valence electrons. The van der Waals surface area contributed by atoms with Gasteiger partial charge >= 0.3 is 0 Å². The zero-order valence-corrected chi connectivity index (χ0v) is 20.0. The number of hydrogen-bond donors (Lipinski definition) is 1. The summed E-state index contributed by atoms with van der Waals surface area (Å²) in [7, 11) is 4.51. The first kappa shape index (κ1) is 24.2. The van der Waals surface area contributed by atoms with Gasteiger partial charge in [0, 0.05) is 18.7 Å². The fraction of sp³-hybridized carbons (Fsp3) is 0.292. The summed E-state index contributed by atoms with van der Waals surface area (Å²) in [5.41, 5.74) is 3.04. The van der Waals surface area contributed by atoms with E-state index in [-0.39, 0.29) is 29.1 Å². The lowest BCUT2D eigenvalue weighted by Gasteiger charge is -2.14. The van der Waals surface area contributed by atoms with Crippen LogP contribution in [0.3, 0.4) is 0 Å². The molecule has 3 rings (SSSR count).